The first kappa shape index (κ1) is 12.0. The predicted octanol–water partition coefficient (Wildman–Crippen LogP) is 3.26. The second-order valence-corrected chi connectivity index (χ2v) is 4.77. The summed E-state index contributed by atoms with van der Waals surface area (Å²) in [6, 6.07) is 0. The van der Waals surface area contributed by atoms with E-state index in [9.17, 15) is 4.79 Å². The number of ether oxygens (including phenoxy) is 1. The second kappa shape index (κ2) is 5.14. The van der Waals surface area contributed by atoms with Gasteiger partial charge >= 0.3 is 6.16 Å². The molecule has 0 atom stereocenters. The third-order valence-corrected chi connectivity index (χ3v) is 2.07. The Hall–Kier alpha value is -1.06. The van der Waals surface area contributed by atoms with E-state index < -0.39 is 11.8 Å². The van der Waals surface area contributed by atoms with Crippen LogP contribution in [-0.4, -0.2) is 17.5 Å². The van der Waals surface area contributed by atoms with Gasteiger partial charge in [-0.3, -0.25) is 4.84 Å². The molecule has 1 saturated carbocycles. The van der Waals surface area contributed by atoms with E-state index in [1.165, 1.54) is 6.42 Å². The summed E-state index contributed by atoms with van der Waals surface area (Å²) in [5.41, 5.74) is 0.441. The Kier molecular flexibility index (Phi) is 4.12. The van der Waals surface area contributed by atoms with Gasteiger partial charge in [-0.1, -0.05) is 11.6 Å². The van der Waals surface area contributed by atoms with Crippen molar-refractivity contribution in [2.45, 2.75) is 58.5 Å². The standard InChI is InChI=1S/C11H19NO3/c1-11(2,3)14-10(13)15-12-9-7-5-4-6-8-9/h4-8H2,1-3H3. The van der Waals surface area contributed by atoms with Gasteiger partial charge in [-0.05, 0) is 46.5 Å². The van der Waals surface area contributed by atoms with Crippen LogP contribution in [0.1, 0.15) is 52.9 Å². The molecule has 86 valence electrons. The first-order valence-electron chi connectivity index (χ1n) is 5.43. The lowest BCUT2D eigenvalue weighted by Gasteiger charge is -2.17. The second-order valence-electron chi connectivity index (χ2n) is 4.77. The molecule has 1 aliphatic carbocycles. The Labute approximate surface area is 90.6 Å². The third kappa shape index (κ3) is 5.40. The van der Waals surface area contributed by atoms with Crippen molar-refractivity contribution in [3.63, 3.8) is 0 Å². The summed E-state index contributed by atoms with van der Waals surface area (Å²) in [6.45, 7) is 5.38. The maximum Gasteiger partial charge on any atom is 0.535 e. The summed E-state index contributed by atoms with van der Waals surface area (Å²) in [7, 11) is 0. The van der Waals surface area contributed by atoms with Crippen molar-refractivity contribution >= 4 is 11.9 Å². The normalized spacial score (nSPS) is 17.1. The van der Waals surface area contributed by atoms with E-state index in [4.69, 9.17) is 4.74 Å². The van der Waals surface area contributed by atoms with Crippen LogP contribution in [-0.2, 0) is 9.57 Å². The molecule has 0 unspecified atom stereocenters. The quantitative estimate of drug-likeness (QED) is 0.381. The van der Waals surface area contributed by atoms with Crippen LogP contribution in [0, 0.1) is 0 Å². The molecule has 0 amide bonds. The molecule has 0 aromatic heterocycles. The Bertz CT molecular complexity index is 245. The lowest BCUT2D eigenvalue weighted by atomic mass is 9.99. The minimum atomic E-state index is -0.722. The predicted molar refractivity (Wildman–Crippen MR) is 57.8 cm³/mol. The zero-order valence-electron chi connectivity index (χ0n) is 9.71. The molecule has 0 aliphatic heterocycles. The van der Waals surface area contributed by atoms with Gasteiger partial charge in [0.05, 0.1) is 5.71 Å². The molecule has 0 aromatic rings. The van der Waals surface area contributed by atoms with Crippen LogP contribution in [0.15, 0.2) is 5.16 Å². The average Bonchev–Trinajstić information content (AvgIpc) is 2.14. The monoisotopic (exact) mass is 213 g/mol. The molecule has 1 rings (SSSR count). The molecule has 0 bridgehead atoms. The molecule has 0 spiro atoms. The molecule has 1 aliphatic rings. The molecule has 4 heteroatoms. The van der Waals surface area contributed by atoms with Crippen molar-refractivity contribution in [3.05, 3.63) is 0 Å². The number of hydrogen-bond acceptors (Lipinski definition) is 4. The fraction of sp³-hybridized carbons (Fsp3) is 0.818. The largest absolute Gasteiger partial charge is 0.535 e. The molecule has 1 fully saturated rings. The van der Waals surface area contributed by atoms with Gasteiger partial charge in [0.25, 0.3) is 0 Å². The van der Waals surface area contributed by atoms with Gasteiger partial charge in [-0.15, -0.1) is 0 Å². The van der Waals surface area contributed by atoms with Crippen LogP contribution in [0.4, 0.5) is 4.79 Å². The van der Waals surface area contributed by atoms with Crippen molar-refractivity contribution in [1.82, 2.24) is 0 Å². The highest BCUT2D eigenvalue weighted by atomic mass is 16.8. The highest BCUT2D eigenvalue weighted by Crippen LogP contribution is 2.15. The Morgan fingerprint density at radius 3 is 2.33 bits per heavy atom. The lowest BCUT2D eigenvalue weighted by molar-refractivity contribution is -0.00646. The van der Waals surface area contributed by atoms with E-state index in [1.807, 2.05) is 0 Å². The minimum absolute atomic E-state index is 0.524. The number of carbonyl (C=O) groups excluding carboxylic acids is 1. The number of oxime groups is 1. The number of rotatable bonds is 1. The van der Waals surface area contributed by atoms with Gasteiger partial charge in [-0.2, -0.15) is 0 Å². The zero-order valence-corrected chi connectivity index (χ0v) is 9.71. The van der Waals surface area contributed by atoms with Gasteiger partial charge < -0.3 is 4.74 Å². The van der Waals surface area contributed by atoms with Crippen LogP contribution in [0.3, 0.4) is 0 Å². The number of hydrogen-bond donors (Lipinski definition) is 0. The summed E-state index contributed by atoms with van der Waals surface area (Å²) >= 11 is 0. The molecule has 15 heavy (non-hydrogen) atoms. The van der Waals surface area contributed by atoms with Crippen molar-refractivity contribution in [2.75, 3.05) is 0 Å². The Morgan fingerprint density at radius 2 is 1.80 bits per heavy atom. The number of carbonyl (C=O) groups is 1. The summed E-state index contributed by atoms with van der Waals surface area (Å²) in [5.74, 6) is 0. The van der Waals surface area contributed by atoms with Crippen molar-refractivity contribution in [2.24, 2.45) is 5.16 Å². The Balaban J connectivity index is 2.32. The maximum atomic E-state index is 11.1. The van der Waals surface area contributed by atoms with Gasteiger partial charge in [-0.25, -0.2) is 4.79 Å². The first-order chi connectivity index (χ1) is 6.97. The van der Waals surface area contributed by atoms with Crippen molar-refractivity contribution < 1.29 is 14.4 Å². The third-order valence-electron chi connectivity index (χ3n) is 2.07. The van der Waals surface area contributed by atoms with E-state index in [0.29, 0.717) is 0 Å². The van der Waals surface area contributed by atoms with Crippen LogP contribution >= 0.6 is 0 Å². The zero-order chi connectivity index (χ0) is 11.3. The highest BCUT2D eigenvalue weighted by molar-refractivity contribution is 5.85. The summed E-state index contributed by atoms with van der Waals surface area (Å²) in [5, 5.41) is 3.81. The summed E-state index contributed by atoms with van der Waals surface area (Å²) in [4.78, 5) is 15.8. The van der Waals surface area contributed by atoms with Crippen LogP contribution in [0.25, 0.3) is 0 Å². The molecule has 0 aromatic carbocycles. The van der Waals surface area contributed by atoms with Crippen LogP contribution in [0.2, 0.25) is 0 Å². The topological polar surface area (TPSA) is 47.9 Å². The minimum Gasteiger partial charge on any atom is -0.427 e. The number of nitrogens with zero attached hydrogens (tertiary/aromatic N) is 1. The fourth-order valence-corrected chi connectivity index (χ4v) is 1.42. The molecule has 4 nitrogen and oxygen atoms in total. The van der Waals surface area contributed by atoms with Gasteiger partial charge in [0.1, 0.15) is 5.60 Å². The molecule has 0 saturated heterocycles. The molecule has 0 N–H and O–H groups in total. The molecular weight excluding hydrogens is 194 g/mol. The SMILES string of the molecule is CC(C)(C)OC(=O)ON=C1CCCCC1. The molecule has 0 radical (unpaired) electrons. The van der Waals surface area contributed by atoms with E-state index >= 15 is 0 Å². The van der Waals surface area contributed by atoms with Gasteiger partial charge in [0.15, 0.2) is 0 Å². The van der Waals surface area contributed by atoms with Crippen LogP contribution < -0.4 is 0 Å². The van der Waals surface area contributed by atoms with E-state index in [0.717, 1.165) is 31.4 Å². The highest BCUT2D eigenvalue weighted by Gasteiger charge is 2.18. The van der Waals surface area contributed by atoms with E-state index in [2.05, 4.69) is 9.99 Å². The fourth-order valence-electron chi connectivity index (χ4n) is 1.42. The lowest BCUT2D eigenvalue weighted by Crippen LogP contribution is -2.23. The van der Waals surface area contributed by atoms with Crippen molar-refractivity contribution in [3.8, 4) is 0 Å². The molecule has 0 heterocycles. The molecular formula is C11H19NO3. The summed E-state index contributed by atoms with van der Waals surface area (Å²) in [6.07, 6.45) is 4.66. The van der Waals surface area contributed by atoms with Gasteiger partial charge in [0.2, 0.25) is 0 Å². The van der Waals surface area contributed by atoms with E-state index in [-0.39, 0.29) is 0 Å². The maximum absolute atomic E-state index is 11.1. The van der Waals surface area contributed by atoms with Crippen LogP contribution in [0.5, 0.6) is 0 Å². The summed E-state index contributed by atoms with van der Waals surface area (Å²) < 4.78 is 4.96. The Morgan fingerprint density at radius 1 is 1.20 bits per heavy atom. The smallest absolute Gasteiger partial charge is 0.427 e. The van der Waals surface area contributed by atoms with Gasteiger partial charge in [0, 0.05) is 0 Å². The first-order valence-corrected chi connectivity index (χ1v) is 5.43. The van der Waals surface area contributed by atoms with Crippen molar-refractivity contribution in [1.29, 1.82) is 0 Å². The average molecular weight is 213 g/mol. The van der Waals surface area contributed by atoms with E-state index in [1.54, 1.807) is 20.8 Å².